The molecule has 3 amide bonds. The monoisotopic (exact) mass is 637 g/mol. The molecule has 9 heteroatoms. The van der Waals surface area contributed by atoms with Gasteiger partial charge in [0.15, 0.2) is 0 Å². The summed E-state index contributed by atoms with van der Waals surface area (Å²) in [6.45, 7) is 3.53. The molecule has 0 unspecified atom stereocenters. The summed E-state index contributed by atoms with van der Waals surface area (Å²) in [5.74, 6) is 2.16. The molecule has 0 N–H and O–H groups in total. The Morgan fingerprint density at radius 3 is 2.13 bits per heavy atom. The first-order valence-corrected chi connectivity index (χ1v) is 17.8. The van der Waals surface area contributed by atoms with Crippen LogP contribution < -0.4 is 15.2 Å². The summed E-state index contributed by atoms with van der Waals surface area (Å²) in [6.07, 6.45) is 13.7. The highest BCUT2D eigenvalue weighted by Crippen LogP contribution is 2.47. The van der Waals surface area contributed by atoms with Crippen LogP contribution >= 0.6 is 0 Å². The van der Waals surface area contributed by atoms with Gasteiger partial charge in [-0.05, 0) is 100 Å². The third kappa shape index (κ3) is 5.16. The van der Waals surface area contributed by atoms with Gasteiger partial charge in [-0.15, -0.1) is 0 Å². The molecule has 47 heavy (non-hydrogen) atoms. The van der Waals surface area contributed by atoms with Gasteiger partial charge in [0.25, 0.3) is 11.5 Å². The summed E-state index contributed by atoms with van der Waals surface area (Å²) in [6, 6.07) is 16.2. The second-order valence-corrected chi connectivity index (χ2v) is 15.4. The predicted molar refractivity (Wildman–Crippen MR) is 182 cm³/mol. The third-order valence-electron chi connectivity index (χ3n) is 12.1. The lowest BCUT2D eigenvalue weighted by Crippen LogP contribution is -2.58. The van der Waals surface area contributed by atoms with Crippen molar-refractivity contribution in [1.29, 1.82) is 0 Å². The van der Waals surface area contributed by atoms with Crippen LogP contribution in [0.15, 0.2) is 53.3 Å². The number of carbonyl (C=O) groups is 2. The Kier molecular flexibility index (Phi) is 7.66. The van der Waals surface area contributed by atoms with Crippen LogP contribution in [0.1, 0.15) is 96.1 Å². The lowest BCUT2D eigenvalue weighted by atomic mass is 9.68. The lowest BCUT2D eigenvalue weighted by molar-refractivity contribution is -0.130. The van der Waals surface area contributed by atoms with Gasteiger partial charge in [0.1, 0.15) is 11.3 Å². The fourth-order valence-electron chi connectivity index (χ4n) is 10.1. The first-order chi connectivity index (χ1) is 22.7. The smallest absolute Gasteiger partial charge is 0.333 e. The highest BCUT2D eigenvalue weighted by molar-refractivity contribution is 6.16. The standard InChI is InChI=1S/C38H47N5O4/c1-38(2)36(45)40(23-24-14-16-31(47-3)17-15-24)37(46)43(38)34-35(44)42(33-13-5-4-12-32(33)39-34)30-21-27-10-7-11-28(22-30)41(27)29-19-25-8-6-9-26(18-25)20-29/h4-5,12-17,25-30H,6-11,18-23H2,1-3H3/t25-,26+,27-,28+,29+,30+. The molecule has 3 aliphatic heterocycles. The van der Waals surface area contributed by atoms with E-state index in [-0.39, 0.29) is 29.9 Å². The molecule has 9 nitrogen and oxygen atoms in total. The Labute approximate surface area is 276 Å². The van der Waals surface area contributed by atoms with Crippen LogP contribution in [0.5, 0.6) is 5.75 Å². The van der Waals surface area contributed by atoms with Gasteiger partial charge in [-0.2, -0.15) is 0 Å². The molecule has 2 aromatic carbocycles. The van der Waals surface area contributed by atoms with Crippen molar-refractivity contribution in [3.63, 3.8) is 0 Å². The molecule has 0 radical (unpaired) electrons. The topological polar surface area (TPSA) is 88.0 Å². The van der Waals surface area contributed by atoms with Gasteiger partial charge in [0.2, 0.25) is 5.82 Å². The number of imide groups is 1. The number of benzene rings is 2. The number of nitrogens with zero attached hydrogens (tertiary/aromatic N) is 5. The van der Waals surface area contributed by atoms with Crippen molar-refractivity contribution in [3.05, 3.63) is 64.4 Å². The first-order valence-electron chi connectivity index (χ1n) is 17.8. The van der Waals surface area contributed by atoms with Gasteiger partial charge >= 0.3 is 6.03 Å². The van der Waals surface area contributed by atoms with E-state index in [1.54, 1.807) is 21.0 Å². The largest absolute Gasteiger partial charge is 0.497 e. The van der Waals surface area contributed by atoms with E-state index in [1.165, 1.54) is 67.6 Å². The van der Waals surface area contributed by atoms with Crippen molar-refractivity contribution in [2.24, 2.45) is 11.8 Å². The van der Waals surface area contributed by atoms with Gasteiger partial charge in [0, 0.05) is 24.2 Å². The van der Waals surface area contributed by atoms with E-state index in [9.17, 15) is 14.4 Å². The molecule has 0 spiro atoms. The number of carbonyl (C=O) groups excluding carboxylic acids is 2. The molecule has 4 heterocycles. The minimum atomic E-state index is -1.27. The number of para-hydroxylation sites is 2. The van der Waals surface area contributed by atoms with E-state index in [0.29, 0.717) is 29.4 Å². The minimum absolute atomic E-state index is 0.00992. The molecule has 3 saturated heterocycles. The summed E-state index contributed by atoms with van der Waals surface area (Å²) in [5.41, 5.74) is 0.715. The Bertz CT molecular complexity index is 1720. The Morgan fingerprint density at radius 2 is 1.45 bits per heavy atom. The van der Waals surface area contributed by atoms with E-state index in [0.717, 1.165) is 35.8 Å². The van der Waals surface area contributed by atoms with Crippen molar-refractivity contribution in [2.75, 3.05) is 12.0 Å². The number of anilines is 1. The Balaban J connectivity index is 1.13. The number of aromatic nitrogens is 2. The zero-order valence-corrected chi connectivity index (χ0v) is 27.9. The van der Waals surface area contributed by atoms with Crippen molar-refractivity contribution in [2.45, 2.75) is 121 Å². The maximum atomic E-state index is 14.7. The highest BCUT2D eigenvalue weighted by Gasteiger charge is 2.54. The normalized spacial score (nSPS) is 30.6. The van der Waals surface area contributed by atoms with Gasteiger partial charge in [-0.3, -0.25) is 24.3 Å². The molecular weight excluding hydrogens is 590 g/mol. The summed E-state index contributed by atoms with van der Waals surface area (Å²) in [7, 11) is 1.60. The zero-order valence-electron chi connectivity index (χ0n) is 27.9. The van der Waals surface area contributed by atoms with Crippen LogP contribution in [0, 0.1) is 11.8 Å². The van der Waals surface area contributed by atoms with Crippen molar-refractivity contribution in [1.82, 2.24) is 19.4 Å². The number of piperidine rings is 2. The van der Waals surface area contributed by atoms with Crippen LogP contribution in [-0.2, 0) is 11.3 Å². The van der Waals surface area contributed by atoms with Crippen molar-refractivity contribution < 1.29 is 14.3 Å². The van der Waals surface area contributed by atoms with Gasteiger partial charge in [0.05, 0.1) is 24.7 Å². The van der Waals surface area contributed by atoms with Crippen LogP contribution in [0.3, 0.4) is 0 Å². The fourth-order valence-corrected chi connectivity index (χ4v) is 10.1. The third-order valence-corrected chi connectivity index (χ3v) is 12.1. The van der Waals surface area contributed by atoms with E-state index in [4.69, 9.17) is 9.72 Å². The number of fused-ring (bicyclic) bond motifs is 5. The van der Waals surface area contributed by atoms with Gasteiger partial charge in [-0.1, -0.05) is 49.9 Å². The number of hydrogen-bond donors (Lipinski definition) is 0. The molecule has 3 aromatic rings. The molecule has 4 bridgehead atoms. The first kappa shape index (κ1) is 30.6. The van der Waals surface area contributed by atoms with Crippen LogP contribution in [0.2, 0.25) is 0 Å². The maximum absolute atomic E-state index is 14.7. The second-order valence-electron chi connectivity index (χ2n) is 15.4. The van der Waals surface area contributed by atoms with Gasteiger partial charge < -0.3 is 9.30 Å². The van der Waals surface area contributed by atoms with E-state index in [2.05, 4.69) is 4.90 Å². The van der Waals surface area contributed by atoms with E-state index >= 15 is 0 Å². The zero-order chi connectivity index (χ0) is 32.4. The molecule has 8 rings (SSSR count). The number of hydrogen-bond acceptors (Lipinski definition) is 6. The maximum Gasteiger partial charge on any atom is 0.333 e. The number of rotatable bonds is 6. The van der Waals surface area contributed by atoms with Gasteiger partial charge in [-0.25, -0.2) is 9.78 Å². The highest BCUT2D eigenvalue weighted by atomic mass is 16.5. The van der Waals surface area contributed by atoms with Crippen molar-refractivity contribution >= 4 is 28.8 Å². The molecular formula is C38H47N5O4. The minimum Gasteiger partial charge on any atom is -0.497 e. The predicted octanol–water partition coefficient (Wildman–Crippen LogP) is 6.68. The average Bonchev–Trinajstić information content (AvgIpc) is 3.22. The summed E-state index contributed by atoms with van der Waals surface area (Å²) in [4.78, 5) is 52.9. The summed E-state index contributed by atoms with van der Waals surface area (Å²) < 4.78 is 7.21. The van der Waals surface area contributed by atoms with E-state index < -0.39 is 11.6 Å². The van der Waals surface area contributed by atoms with Crippen LogP contribution in [-0.4, -0.2) is 62.1 Å². The molecule has 2 saturated carbocycles. The number of methoxy groups -OCH3 is 1. The second kappa shape index (κ2) is 11.8. The molecule has 5 fully saturated rings. The molecule has 1 aromatic heterocycles. The molecule has 2 aliphatic carbocycles. The summed E-state index contributed by atoms with van der Waals surface area (Å²) >= 11 is 0. The average molecular weight is 638 g/mol. The fraction of sp³-hybridized carbons (Fsp3) is 0.579. The molecule has 6 atom stereocenters. The number of amides is 3. The Hall–Kier alpha value is -3.72. The lowest BCUT2D eigenvalue weighted by Gasteiger charge is -2.55. The Morgan fingerprint density at radius 1 is 0.787 bits per heavy atom. The number of urea groups is 1. The van der Waals surface area contributed by atoms with E-state index in [1.807, 2.05) is 53.1 Å². The quantitative estimate of drug-likeness (QED) is 0.280. The molecule has 5 aliphatic rings. The summed E-state index contributed by atoms with van der Waals surface area (Å²) in [5, 5.41) is 0. The molecule has 248 valence electrons. The van der Waals surface area contributed by atoms with Crippen LogP contribution in [0.4, 0.5) is 10.6 Å². The SMILES string of the molecule is COc1ccc(CN2C(=O)N(c3nc4ccccc4n([C@H]4C[C@H]5CCC[C@@H](C4)N5[C@H]4C[C@@H]5CCC[C@@H](C5)C4)c3=O)C(C)(C)C2=O)cc1. The van der Waals surface area contributed by atoms with Crippen molar-refractivity contribution in [3.8, 4) is 5.75 Å². The number of ether oxygens (including phenoxy) is 1. The van der Waals surface area contributed by atoms with Crippen LogP contribution in [0.25, 0.3) is 11.0 Å².